The number of alkyl halides is 1. The molecule has 1 aliphatic rings. The molecule has 16 heavy (non-hydrogen) atoms. The molecule has 0 atom stereocenters. The van der Waals surface area contributed by atoms with Gasteiger partial charge >= 0.3 is 0 Å². The van der Waals surface area contributed by atoms with Crippen LogP contribution < -0.4 is 5.32 Å². The summed E-state index contributed by atoms with van der Waals surface area (Å²) in [6.07, 6.45) is 0.756. The van der Waals surface area contributed by atoms with E-state index in [0.29, 0.717) is 18.4 Å². The van der Waals surface area contributed by atoms with Crippen molar-refractivity contribution in [2.75, 3.05) is 11.2 Å². The molecule has 0 bridgehead atoms. The summed E-state index contributed by atoms with van der Waals surface area (Å²) >= 11 is 5.40. The zero-order chi connectivity index (χ0) is 11.7. The highest BCUT2D eigenvalue weighted by Gasteiger charge is 2.20. The van der Waals surface area contributed by atoms with E-state index in [-0.39, 0.29) is 28.8 Å². The quantitative estimate of drug-likeness (QED) is 0.637. The zero-order valence-corrected chi connectivity index (χ0v) is 9.10. The lowest BCUT2D eigenvalue weighted by Crippen LogP contribution is -2.21. The minimum Gasteiger partial charge on any atom is -0.323 e. The molecule has 1 aliphatic heterocycles. The lowest BCUT2D eigenvalue weighted by molar-refractivity contribution is -0.116. The number of nitrogens with one attached hydrogen (secondary N) is 1. The summed E-state index contributed by atoms with van der Waals surface area (Å²) in [6.45, 7) is 0. The van der Waals surface area contributed by atoms with Gasteiger partial charge in [-0.3, -0.25) is 9.59 Å². The van der Waals surface area contributed by atoms with Crippen molar-refractivity contribution in [1.82, 2.24) is 0 Å². The van der Waals surface area contributed by atoms with Crippen molar-refractivity contribution >= 4 is 29.0 Å². The van der Waals surface area contributed by atoms with E-state index in [1.807, 2.05) is 0 Å². The molecule has 1 heterocycles. The first kappa shape index (κ1) is 11.1. The number of carbonyl (C=O) groups is 2. The van der Waals surface area contributed by atoms with Crippen LogP contribution in [0.25, 0.3) is 0 Å². The molecule has 0 saturated carbocycles. The molecular formula is C11H9ClFNO2. The Labute approximate surface area is 96.6 Å². The first-order valence-corrected chi connectivity index (χ1v) is 5.36. The summed E-state index contributed by atoms with van der Waals surface area (Å²) in [6, 6.07) is 2.69. The van der Waals surface area contributed by atoms with Crippen LogP contribution in [0.5, 0.6) is 0 Å². The van der Waals surface area contributed by atoms with Gasteiger partial charge in [-0.2, -0.15) is 0 Å². The number of anilines is 1. The Hall–Kier alpha value is -1.42. The van der Waals surface area contributed by atoms with Crippen molar-refractivity contribution in [2.45, 2.75) is 12.8 Å². The predicted molar refractivity (Wildman–Crippen MR) is 58.4 cm³/mol. The molecule has 3 nitrogen and oxygen atoms in total. The molecule has 0 aliphatic carbocycles. The third kappa shape index (κ3) is 1.93. The average Bonchev–Trinajstić information content (AvgIpc) is 2.28. The van der Waals surface area contributed by atoms with Crippen LogP contribution >= 0.6 is 11.6 Å². The summed E-state index contributed by atoms with van der Waals surface area (Å²) in [5, 5.41) is 2.45. The van der Waals surface area contributed by atoms with Gasteiger partial charge in [0.1, 0.15) is 5.82 Å². The molecule has 0 aromatic heterocycles. The Bertz CT molecular complexity index is 473. The summed E-state index contributed by atoms with van der Waals surface area (Å²) in [5.41, 5.74) is 1.08. The summed E-state index contributed by atoms with van der Waals surface area (Å²) in [4.78, 5) is 22.4. The minimum atomic E-state index is -0.584. The number of amides is 1. The van der Waals surface area contributed by atoms with Crippen LogP contribution in [0.15, 0.2) is 12.1 Å². The van der Waals surface area contributed by atoms with Gasteiger partial charge in [-0.1, -0.05) is 0 Å². The molecular weight excluding hydrogens is 233 g/mol. The van der Waals surface area contributed by atoms with E-state index in [1.165, 1.54) is 0 Å². The molecule has 0 saturated heterocycles. The molecule has 0 spiro atoms. The Morgan fingerprint density at radius 1 is 1.44 bits per heavy atom. The lowest BCUT2D eigenvalue weighted by Gasteiger charge is -2.18. The highest BCUT2D eigenvalue weighted by molar-refractivity contribution is 6.30. The van der Waals surface area contributed by atoms with E-state index in [9.17, 15) is 14.0 Å². The zero-order valence-electron chi connectivity index (χ0n) is 8.35. The number of hydrogen-bond acceptors (Lipinski definition) is 2. The van der Waals surface area contributed by atoms with Crippen LogP contribution in [0.1, 0.15) is 22.3 Å². The molecule has 2 rings (SSSR count). The van der Waals surface area contributed by atoms with Crippen molar-refractivity contribution in [2.24, 2.45) is 0 Å². The third-order valence-corrected chi connectivity index (χ3v) is 2.74. The normalized spacial score (nSPS) is 14.2. The van der Waals surface area contributed by atoms with E-state index in [1.54, 1.807) is 6.07 Å². The van der Waals surface area contributed by atoms with Crippen LogP contribution in [-0.2, 0) is 11.2 Å². The maximum absolute atomic E-state index is 13.6. The van der Waals surface area contributed by atoms with Gasteiger partial charge in [0.15, 0.2) is 5.78 Å². The first-order chi connectivity index (χ1) is 7.61. The Balaban J connectivity index is 2.46. The molecule has 1 amide bonds. The molecule has 1 N–H and O–H groups in total. The maximum Gasteiger partial charge on any atom is 0.224 e. The fourth-order valence-corrected chi connectivity index (χ4v) is 1.84. The summed E-state index contributed by atoms with van der Waals surface area (Å²) in [7, 11) is 0. The molecule has 5 heteroatoms. The molecule has 84 valence electrons. The Kier molecular flexibility index (Phi) is 2.92. The van der Waals surface area contributed by atoms with Crippen LogP contribution in [0, 0.1) is 5.82 Å². The van der Waals surface area contributed by atoms with Crippen molar-refractivity contribution in [1.29, 1.82) is 0 Å². The largest absolute Gasteiger partial charge is 0.323 e. The van der Waals surface area contributed by atoms with E-state index in [4.69, 9.17) is 11.6 Å². The number of hydrogen-bond donors (Lipinski definition) is 1. The number of Topliss-reactive ketones (excluding diaryl/α,β-unsaturated/α-hetero) is 1. The van der Waals surface area contributed by atoms with Crippen LogP contribution in [0.4, 0.5) is 10.1 Å². The monoisotopic (exact) mass is 241 g/mol. The summed E-state index contributed by atoms with van der Waals surface area (Å²) < 4.78 is 13.6. The van der Waals surface area contributed by atoms with Crippen LogP contribution in [0.2, 0.25) is 0 Å². The van der Waals surface area contributed by atoms with Gasteiger partial charge < -0.3 is 5.32 Å². The fourth-order valence-electron chi connectivity index (χ4n) is 1.69. The van der Waals surface area contributed by atoms with Gasteiger partial charge in [0.05, 0.1) is 11.6 Å². The second-order valence-corrected chi connectivity index (χ2v) is 3.86. The van der Waals surface area contributed by atoms with Gasteiger partial charge in [-0.25, -0.2) is 4.39 Å². The van der Waals surface area contributed by atoms with Gasteiger partial charge in [0.25, 0.3) is 0 Å². The van der Waals surface area contributed by atoms with E-state index >= 15 is 0 Å². The average molecular weight is 242 g/mol. The Morgan fingerprint density at radius 2 is 2.19 bits per heavy atom. The molecule has 0 unspecified atom stereocenters. The van der Waals surface area contributed by atoms with Gasteiger partial charge in [-0.05, 0) is 24.1 Å². The van der Waals surface area contributed by atoms with Crippen LogP contribution in [-0.4, -0.2) is 17.6 Å². The maximum atomic E-state index is 13.6. The number of halogens is 2. The van der Waals surface area contributed by atoms with Crippen molar-refractivity contribution in [3.05, 3.63) is 29.1 Å². The number of ketones is 1. The molecule has 0 radical (unpaired) electrons. The third-order valence-electron chi connectivity index (χ3n) is 2.50. The minimum absolute atomic E-state index is 0.176. The van der Waals surface area contributed by atoms with E-state index in [2.05, 4.69) is 5.32 Å². The highest BCUT2D eigenvalue weighted by Crippen LogP contribution is 2.27. The number of fused-ring (bicyclic) bond motifs is 1. The van der Waals surface area contributed by atoms with E-state index < -0.39 is 5.82 Å². The van der Waals surface area contributed by atoms with Crippen molar-refractivity contribution in [3.63, 3.8) is 0 Å². The topological polar surface area (TPSA) is 46.2 Å². The smallest absolute Gasteiger partial charge is 0.224 e. The number of carbonyl (C=O) groups excluding carboxylic acids is 2. The van der Waals surface area contributed by atoms with Gasteiger partial charge in [0, 0.05) is 12.0 Å². The van der Waals surface area contributed by atoms with E-state index in [0.717, 1.165) is 6.07 Å². The Morgan fingerprint density at radius 3 is 2.88 bits per heavy atom. The highest BCUT2D eigenvalue weighted by atomic mass is 35.5. The van der Waals surface area contributed by atoms with Gasteiger partial charge in [0.2, 0.25) is 5.91 Å². The molecule has 1 aromatic rings. The van der Waals surface area contributed by atoms with Crippen molar-refractivity contribution in [3.8, 4) is 0 Å². The van der Waals surface area contributed by atoms with Gasteiger partial charge in [-0.15, -0.1) is 11.6 Å². The standard InChI is InChI=1S/C11H9ClFNO2/c12-5-9(15)7-3-6-1-2-10(16)14-11(6)8(13)4-7/h3-4H,1-2,5H2,(H,14,16). The lowest BCUT2D eigenvalue weighted by atomic mass is 9.98. The molecule has 0 fully saturated rings. The van der Waals surface area contributed by atoms with Crippen LogP contribution in [0.3, 0.4) is 0 Å². The second kappa shape index (κ2) is 4.22. The fraction of sp³-hybridized carbons (Fsp3) is 0.273. The number of aryl methyl sites for hydroxylation is 1. The number of rotatable bonds is 2. The van der Waals surface area contributed by atoms with Crippen molar-refractivity contribution < 1.29 is 14.0 Å². The predicted octanol–water partition coefficient (Wildman–Crippen LogP) is 2.13. The summed E-state index contributed by atoms with van der Waals surface area (Å²) in [5.74, 6) is -1.29. The number of benzene rings is 1. The first-order valence-electron chi connectivity index (χ1n) is 4.83. The molecule has 1 aromatic carbocycles. The SMILES string of the molecule is O=C1CCc2cc(C(=O)CCl)cc(F)c2N1. The second-order valence-electron chi connectivity index (χ2n) is 3.60.